The number of benzene rings is 2. The standard InChI is InChI=1S/C16H14N2O3S/c1-10-4-2-3-5-12(10)17-16(22)18-15(19)11-6-7-13-14(8-11)21-9-20-13/h2-8H,9H2,1H3,(H2,17,18,19,22). The lowest BCUT2D eigenvalue weighted by atomic mass is 10.2. The van der Waals surface area contributed by atoms with Crippen LogP contribution in [0.25, 0.3) is 0 Å². The number of ether oxygens (including phenoxy) is 2. The Balaban J connectivity index is 1.66. The molecule has 0 unspecified atom stereocenters. The summed E-state index contributed by atoms with van der Waals surface area (Å²) in [5.41, 5.74) is 2.36. The maximum absolute atomic E-state index is 12.2. The summed E-state index contributed by atoms with van der Waals surface area (Å²) in [6.07, 6.45) is 0. The largest absolute Gasteiger partial charge is 0.454 e. The van der Waals surface area contributed by atoms with Crippen LogP contribution in [-0.4, -0.2) is 17.8 Å². The monoisotopic (exact) mass is 314 g/mol. The molecule has 0 saturated heterocycles. The van der Waals surface area contributed by atoms with Gasteiger partial charge in [0.1, 0.15) is 0 Å². The van der Waals surface area contributed by atoms with E-state index < -0.39 is 0 Å². The first-order valence-corrected chi connectivity index (χ1v) is 7.12. The summed E-state index contributed by atoms with van der Waals surface area (Å²) in [5, 5.41) is 5.90. The average Bonchev–Trinajstić information content (AvgIpc) is 2.97. The Morgan fingerprint density at radius 2 is 1.91 bits per heavy atom. The van der Waals surface area contributed by atoms with Crippen molar-refractivity contribution in [2.45, 2.75) is 6.92 Å². The Kier molecular flexibility index (Phi) is 3.93. The van der Waals surface area contributed by atoms with Crippen molar-refractivity contribution >= 4 is 28.9 Å². The van der Waals surface area contributed by atoms with Gasteiger partial charge in [-0.3, -0.25) is 10.1 Å². The van der Waals surface area contributed by atoms with Crippen molar-refractivity contribution in [2.24, 2.45) is 0 Å². The van der Waals surface area contributed by atoms with E-state index in [0.29, 0.717) is 17.1 Å². The Morgan fingerprint density at radius 3 is 2.73 bits per heavy atom. The zero-order valence-electron chi connectivity index (χ0n) is 11.9. The molecule has 1 amide bonds. The molecular formula is C16H14N2O3S. The van der Waals surface area contributed by atoms with Crippen molar-refractivity contribution in [2.75, 3.05) is 12.1 Å². The molecule has 5 nitrogen and oxygen atoms in total. The number of fused-ring (bicyclic) bond motifs is 1. The number of anilines is 1. The third kappa shape index (κ3) is 3.01. The number of nitrogens with one attached hydrogen (secondary N) is 2. The predicted octanol–water partition coefficient (Wildman–Crippen LogP) is 2.85. The summed E-state index contributed by atoms with van der Waals surface area (Å²) >= 11 is 5.17. The molecule has 0 saturated carbocycles. The van der Waals surface area contributed by atoms with Crippen molar-refractivity contribution in [3.63, 3.8) is 0 Å². The zero-order valence-corrected chi connectivity index (χ0v) is 12.7. The van der Waals surface area contributed by atoms with Gasteiger partial charge in [-0.2, -0.15) is 0 Å². The van der Waals surface area contributed by atoms with Crippen molar-refractivity contribution < 1.29 is 14.3 Å². The molecule has 0 aliphatic carbocycles. The molecule has 0 spiro atoms. The van der Waals surface area contributed by atoms with Gasteiger partial charge in [0.05, 0.1) is 0 Å². The van der Waals surface area contributed by atoms with Crippen LogP contribution in [0.15, 0.2) is 42.5 Å². The summed E-state index contributed by atoms with van der Waals surface area (Å²) in [6.45, 7) is 2.14. The van der Waals surface area contributed by atoms with Gasteiger partial charge >= 0.3 is 0 Å². The summed E-state index contributed by atoms with van der Waals surface area (Å²) in [7, 11) is 0. The van der Waals surface area contributed by atoms with Crippen LogP contribution in [0.4, 0.5) is 5.69 Å². The highest BCUT2D eigenvalue weighted by Crippen LogP contribution is 2.32. The number of hydrogen-bond donors (Lipinski definition) is 2. The van der Waals surface area contributed by atoms with Crippen molar-refractivity contribution in [3.8, 4) is 11.5 Å². The lowest BCUT2D eigenvalue weighted by molar-refractivity contribution is 0.0977. The molecular weight excluding hydrogens is 300 g/mol. The fourth-order valence-corrected chi connectivity index (χ4v) is 2.28. The quantitative estimate of drug-likeness (QED) is 0.835. The fourth-order valence-electron chi connectivity index (χ4n) is 2.08. The number of amides is 1. The first-order valence-electron chi connectivity index (χ1n) is 6.71. The lowest BCUT2D eigenvalue weighted by Crippen LogP contribution is -2.34. The summed E-state index contributed by atoms with van der Waals surface area (Å²) in [5.74, 6) is 0.895. The van der Waals surface area contributed by atoms with Crippen LogP contribution < -0.4 is 20.1 Å². The number of rotatable bonds is 2. The van der Waals surface area contributed by atoms with Crippen LogP contribution in [-0.2, 0) is 0 Å². The molecule has 1 aliphatic heterocycles. The molecule has 2 N–H and O–H groups in total. The Morgan fingerprint density at radius 1 is 1.14 bits per heavy atom. The lowest BCUT2D eigenvalue weighted by Gasteiger charge is -2.11. The Hall–Kier alpha value is -2.60. The molecule has 0 bridgehead atoms. The van der Waals surface area contributed by atoms with E-state index >= 15 is 0 Å². The minimum absolute atomic E-state index is 0.174. The van der Waals surface area contributed by atoms with Crippen molar-refractivity contribution in [3.05, 3.63) is 53.6 Å². The van der Waals surface area contributed by atoms with E-state index in [1.165, 1.54) is 0 Å². The minimum Gasteiger partial charge on any atom is -0.454 e. The van der Waals surface area contributed by atoms with Gasteiger partial charge in [-0.1, -0.05) is 18.2 Å². The smallest absolute Gasteiger partial charge is 0.257 e. The number of carbonyl (C=O) groups excluding carboxylic acids is 1. The topological polar surface area (TPSA) is 59.6 Å². The molecule has 0 aromatic heterocycles. The highest BCUT2D eigenvalue weighted by Gasteiger charge is 2.16. The van der Waals surface area contributed by atoms with Crippen LogP contribution in [0.2, 0.25) is 0 Å². The maximum atomic E-state index is 12.2. The Bertz CT molecular complexity index is 746. The van der Waals surface area contributed by atoms with Crippen LogP contribution in [0.3, 0.4) is 0 Å². The fraction of sp³-hybridized carbons (Fsp3) is 0.125. The molecule has 1 heterocycles. The molecule has 112 valence electrons. The first kappa shape index (κ1) is 14.3. The van der Waals surface area contributed by atoms with Crippen molar-refractivity contribution in [1.82, 2.24) is 5.32 Å². The van der Waals surface area contributed by atoms with Crippen LogP contribution in [0.1, 0.15) is 15.9 Å². The van der Waals surface area contributed by atoms with E-state index in [-0.39, 0.29) is 17.8 Å². The van der Waals surface area contributed by atoms with Gasteiger partial charge in [-0.05, 0) is 49.0 Å². The molecule has 2 aromatic carbocycles. The second-order valence-corrected chi connectivity index (χ2v) is 5.20. The van der Waals surface area contributed by atoms with E-state index in [9.17, 15) is 4.79 Å². The third-order valence-electron chi connectivity index (χ3n) is 3.26. The van der Waals surface area contributed by atoms with Gasteiger partial charge in [0.15, 0.2) is 16.6 Å². The number of hydrogen-bond acceptors (Lipinski definition) is 4. The predicted molar refractivity (Wildman–Crippen MR) is 87.4 cm³/mol. The molecule has 22 heavy (non-hydrogen) atoms. The van der Waals surface area contributed by atoms with Gasteiger partial charge in [-0.15, -0.1) is 0 Å². The number of aryl methyl sites for hydroxylation is 1. The van der Waals surface area contributed by atoms with Gasteiger partial charge in [0.2, 0.25) is 6.79 Å². The number of para-hydroxylation sites is 1. The molecule has 0 atom stereocenters. The van der Waals surface area contributed by atoms with Crippen LogP contribution in [0, 0.1) is 6.92 Å². The van der Waals surface area contributed by atoms with Gasteiger partial charge in [0.25, 0.3) is 5.91 Å². The summed E-state index contributed by atoms with van der Waals surface area (Å²) < 4.78 is 10.5. The van der Waals surface area contributed by atoms with Crippen LogP contribution >= 0.6 is 12.2 Å². The first-order chi connectivity index (χ1) is 10.6. The second kappa shape index (κ2) is 6.03. The zero-order chi connectivity index (χ0) is 15.5. The molecule has 0 radical (unpaired) electrons. The van der Waals surface area contributed by atoms with Gasteiger partial charge < -0.3 is 14.8 Å². The van der Waals surface area contributed by atoms with Crippen molar-refractivity contribution in [1.29, 1.82) is 0 Å². The molecule has 6 heteroatoms. The van der Waals surface area contributed by atoms with E-state index in [2.05, 4.69) is 10.6 Å². The van der Waals surface area contributed by atoms with Gasteiger partial charge in [-0.25, -0.2) is 0 Å². The average molecular weight is 314 g/mol. The maximum Gasteiger partial charge on any atom is 0.257 e. The molecule has 3 rings (SSSR count). The highest BCUT2D eigenvalue weighted by atomic mass is 32.1. The van der Waals surface area contributed by atoms with E-state index in [4.69, 9.17) is 21.7 Å². The molecule has 1 aliphatic rings. The second-order valence-electron chi connectivity index (χ2n) is 4.79. The number of carbonyl (C=O) groups is 1. The summed E-state index contributed by atoms with van der Waals surface area (Å²) in [6, 6.07) is 12.7. The molecule has 2 aromatic rings. The Labute approximate surface area is 133 Å². The van der Waals surface area contributed by atoms with E-state index in [0.717, 1.165) is 11.3 Å². The SMILES string of the molecule is Cc1ccccc1NC(=S)NC(=O)c1ccc2c(c1)OCO2. The minimum atomic E-state index is -0.301. The third-order valence-corrected chi connectivity index (χ3v) is 3.46. The van der Waals surface area contributed by atoms with E-state index in [1.54, 1.807) is 18.2 Å². The van der Waals surface area contributed by atoms with E-state index in [1.807, 2.05) is 31.2 Å². The van der Waals surface area contributed by atoms with Gasteiger partial charge in [0, 0.05) is 11.3 Å². The molecule has 0 fully saturated rings. The number of thiocarbonyl (C=S) groups is 1. The van der Waals surface area contributed by atoms with Crippen LogP contribution in [0.5, 0.6) is 11.5 Å². The summed E-state index contributed by atoms with van der Waals surface area (Å²) in [4.78, 5) is 12.2. The highest BCUT2D eigenvalue weighted by molar-refractivity contribution is 7.80. The normalized spacial score (nSPS) is 11.9.